The number of benzene rings is 1. The van der Waals surface area contributed by atoms with E-state index in [4.69, 9.17) is 4.74 Å². The Morgan fingerprint density at radius 2 is 2.19 bits per heavy atom. The number of hydrogen-bond donors (Lipinski definition) is 0. The van der Waals surface area contributed by atoms with E-state index in [1.807, 2.05) is 13.8 Å². The maximum Gasteiger partial charge on any atom is 0.414 e. The van der Waals surface area contributed by atoms with E-state index in [-0.39, 0.29) is 11.4 Å². The molecule has 0 bridgehead atoms. The van der Waals surface area contributed by atoms with Crippen LogP contribution in [-0.4, -0.2) is 18.7 Å². The predicted molar refractivity (Wildman–Crippen MR) is 59.1 cm³/mol. The zero-order valence-corrected chi connectivity index (χ0v) is 9.58. The zero-order chi connectivity index (χ0) is 11.9. The Kier molecular flexibility index (Phi) is 2.37. The summed E-state index contributed by atoms with van der Waals surface area (Å²) in [5.41, 5.74) is 1.21. The number of halogens is 1. The van der Waals surface area contributed by atoms with Crippen molar-refractivity contribution in [2.24, 2.45) is 0 Å². The number of carbonyl (C=O) groups excluding carboxylic acids is 1. The molecule has 1 heterocycles. The van der Waals surface area contributed by atoms with Crippen LogP contribution in [0.5, 0.6) is 0 Å². The number of rotatable bonds is 0. The van der Waals surface area contributed by atoms with E-state index in [0.29, 0.717) is 6.42 Å². The van der Waals surface area contributed by atoms with Crippen molar-refractivity contribution in [1.29, 1.82) is 0 Å². The Morgan fingerprint density at radius 1 is 1.50 bits per heavy atom. The lowest BCUT2D eigenvalue weighted by Crippen LogP contribution is -2.45. The molecule has 1 aromatic rings. The predicted octanol–water partition coefficient (Wildman–Crippen LogP) is 2.73. The molecule has 1 aromatic carbocycles. The van der Waals surface area contributed by atoms with Gasteiger partial charge in [0.15, 0.2) is 0 Å². The van der Waals surface area contributed by atoms with Crippen molar-refractivity contribution in [3.05, 3.63) is 29.6 Å². The number of carbonyl (C=O) groups is 1. The van der Waals surface area contributed by atoms with Gasteiger partial charge in [0.25, 0.3) is 0 Å². The minimum Gasteiger partial charge on any atom is -0.452 e. The highest BCUT2D eigenvalue weighted by atomic mass is 19.1. The third-order valence-corrected chi connectivity index (χ3v) is 2.87. The van der Waals surface area contributed by atoms with Gasteiger partial charge in [0, 0.05) is 5.54 Å². The lowest BCUT2D eigenvalue weighted by atomic mass is 10.00. The number of amides is 1. The molecule has 0 N–H and O–H groups in total. The van der Waals surface area contributed by atoms with E-state index < -0.39 is 6.09 Å². The topological polar surface area (TPSA) is 29.5 Å². The molecule has 0 aromatic heterocycles. The van der Waals surface area contributed by atoms with Crippen LogP contribution < -0.4 is 4.90 Å². The van der Waals surface area contributed by atoms with Gasteiger partial charge in [-0.2, -0.15) is 0 Å². The molecule has 0 radical (unpaired) electrons. The molecule has 16 heavy (non-hydrogen) atoms. The third kappa shape index (κ3) is 1.54. The van der Waals surface area contributed by atoms with Crippen LogP contribution >= 0.6 is 0 Å². The summed E-state index contributed by atoms with van der Waals surface area (Å²) in [6, 6.07) is 4.45. The van der Waals surface area contributed by atoms with Gasteiger partial charge in [0.05, 0.1) is 12.8 Å². The molecule has 0 spiro atoms. The van der Waals surface area contributed by atoms with Gasteiger partial charge in [-0.15, -0.1) is 0 Å². The molecule has 2 rings (SSSR count). The van der Waals surface area contributed by atoms with Crippen LogP contribution in [0.2, 0.25) is 0 Å². The highest BCUT2D eigenvalue weighted by Gasteiger charge is 2.40. The van der Waals surface area contributed by atoms with Crippen molar-refractivity contribution >= 4 is 11.8 Å². The second-order valence-electron chi connectivity index (χ2n) is 4.57. The molecule has 1 aliphatic heterocycles. The normalized spacial score (nSPS) is 17.1. The van der Waals surface area contributed by atoms with E-state index >= 15 is 0 Å². The van der Waals surface area contributed by atoms with Gasteiger partial charge in [0.2, 0.25) is 0 Å². The second-order valence-corrected chi connectivity index (χ2v) is 4.57. The van der Waals surface area contributed by atoms with Gasteiger partial charge in [-0.25, -0.2) is 9.18 Å². The monoisotopic (exact) mass is 223 g/mol. The molecule has 0 aliphatic carbocycles. The van der Waals surface area contributed by atoms with Crippen LogP contribution in [-0.2, 0) is 11.2 Å². The Labute approximate surface area is 93.8 Å². The average Bonchev–Trinajstić information content (AvgIpc) is 2.46. The van der Waals surface area contributed by atoms with E-state index in [1.54, 1.807) is 11.0 Å². The standard InChI is InChI=1S/C12H14FNO2/c1-12(2)7-8-6-9(13)4-5-10(8)14(12)11(15)16-3/h4-6H,7H2,1-3H3. The Morgan fingerprint density at radius 3 is 2.81 bits per heavy atom. The van der Waals surface area contributed by atoms with Crippen molar-refractivity contribution in [2.75, 3.05) is 12.0 Å². The smallest absolute Gasteiger partial charge is 0.414 e. The van der Waals surface area contributed by atoms with E-state index in [2.05, 4.69) is 0 Å². The molecular formula is C12H14FNO2. The fourth-order valence-electron chi connectivity index (χ4n) is 2.22. The van der Waals surface area contributed by atoms with Gasteiger partial charge < -0.3 is 4.74 Å². The number of nitrogens with zero attached hydrogens (tertiary/aromatic N) is 1. The molecule has 1 aliphatic rings. The van der Waals surface area contributed by atoms with Gasteiger partial charge >= 0.3 is 6.09 Å². The maximum atomic E-state index is 13.1. The summed E-state index contributed by atoms with van der Waals surface area (Å²) < 4.78 is 17.8. The van der Waals surface area contributed by atoms with Crippen LogP contribution in [0, 0.1) is 5.82 Å². The minimum absolute atomic E-state index is 0.277. The Balaban J connectivity index is 2.50. The van der Waals surface area contributed by atoms with E-state index in [0.717, 1.165) is 11.3 Å². The van der Waals surface area contributed by atoms with Crippen molar-refractivity contribution in [3.63, 3.8) is 0 Å². The van der Waals surface area contributed by atoms with Gasteiger partial charge in [-0.3, -0.25) is 4.90 Å². The molecule has 4 heteroatoms. The van der Waals surface area contributed by atoms with Crippen LogP contribution in [0.15, 0.2) is 18.2 Å². The summed E-state index contributed by atoms with van der Waals surface area (Å²) in [6.07, 6.45) is 0.227. The summed E-state index contributed by atoms with van der Waals surface area (Å²) in [4.78, 5) is 13.3. The van der Waals surface area contributed by atoms with E-state index in [1.165, 1.54) is 19.2 Å². The Bertz CT molecular complexity index is 443. The van der Waals surface area contributed by atoms with Gasteiger partial charge in [-0.05, 0) is 44.0 Å². The molecule has 86 valence electrons. The minimum atomic E-state index is -0.407. The van der Waals surface area contributed by atoms with E-state index in [9.17, 15) is 9.18 Å². The second kappa shape index (κ2) is 3.47. The summed E-state index contributed by atoms with van der Waals surface area (Å²) in [5, 5.41) is 0. The summed E-state index contributed by atoms with van der Waals surface area (Å²) in [6.45, 7) is 3.86. The largest absolute Gasteiger partial charge is 0.452 e. The molecule has 0 atom stereocenters. The average molecular weight is 223 g/mol. The lowest BCUT2D eigenvalue weighted by Gasteiger charge is -2.30. The van der Waals surface area contributed by atoms with Crippen LogP contribution in [0.3, 0.4) is 0 Å². The highest BCUT2D eigenvalue weighted by Crippen LogP contribution is 2.39. The summed E-state index contributed by atoms with van der Waals surface area (Å²) in [7, 11) is 1.35. The van der Waals surface area contributed by atoms with Gasteiger partial charge in [-0.1, -0.05) is 0 Å². The fourth-order valence-corrected chi connectivity index (χ4v) is 2.22. The number of hydrogen-bond acceptors (Lipinski definition) is 2. The molecule has 0 fully saturated rings. The zero-order valence-electron chi connectivity index (χ0n) is 9.58. The molecular weight excluding hydrogens is 209 g/mol. The van der Waals surface area contributed by atoms with Crippen LogP contribution in [0.4, 0.5) is 14.9 Å². The molecule has 1 amide bonds. The first-order valence-corrected chi connectivity index (χ1v) is 5.12. The van der Waals surface area contributed by atoms with Crippen molar-refractivity contribution in [1.82, 2.24) is 0 Å². The van der Waals surface area contributed by atoms with Crippen LogP contribution in [0.25, 0.3) is 0 Å². The first-order valence-electron chi connectivity index (χ1n) is 5.12. The maximum absolute atomic E-state index is 13.1. The first-order chi connectivity index (χ1) is 7.45. The van der Waals surface area contributed by atoms with Crippen molar-refractivity contribution in [3.8, 4) is 0 Å². The third-order valence-electron chi connectivity index (χ3n) is 2.87. The molecule has 0 saturated carbocycles. The first kappa shape index (κ1) is 10.9. The lowest BCUT2D eigenvalue weighted by molar-refractivity contribution is 0.173. The quantitative estimate of drug-likeness (QED) is 0.676. The number of methoxy groups -OCH3 is 1. The number of ether oxygens (including phenoxy) is 1. The van der Waals surface area contributed by atoms with Gasteiger partial charge in [0.1, 0.15) is 5.82 Å². The molecule has 0 unspecified atom stereocenters. The summed E-state index contributed by atoms with van der Waals surface area (Å²) in [5.74, 6) is -0.277. The molecule has 0 saturated heterocycles. The van der Waals surface area contributed by atoms with Crippen molar-refractivity contribution < 1.29 is 13.9 Å². The number of fused-ring (bicyclic) bond motifs is 1. The highest BCUT2D eigenvalue weighted by molar-refractivity contribution is 5.92. The summed E-state index contributed by atoms with van der Waals surface area (Å²) >= 11 is 0. The van der Waals surface area contributed by atoms with Crippen molar-refractivity contribution in [2.45, 2.75) is 25.8 Å². The van der Waals surface area contributed by atoms with Crippen LogP contribution in [0.1, 0.15) is 19.4 Å². The fraction of sp³-hybridized carbons (Fsp3) is 0.417. The Hall–Kier alpha value is -1.58. The number of anilines is 1. The SMILES string of the molecule is COC(=O)N1c2ccc(F)cc2CC1(C)C. The molecule has 3 nitrogen and oxygen atoms in total.